The summed E-state index contributed by atoms with van der Waals surface area (Å²) in [7, 11) is 1.54. The van der Waals surface area contributed by atoms with Gasteiger partial charge in [-0.15, -0.1) is 15.3 Å². The fraction of sp³-hybridized carbons (Fsp3) is 0.600. The Morgan fingerprint density at radius 3 is 2.87 bits per heavy atom. The summed E-state index contributed by atoms with van der Waals surface area (Å²) in [6.07, 6.45) is 1.56. The van der Waals surface area contributed by atoms with Crippen LogP contribution in [0.4, 0.5) is 0 Å². The highest BCUT2D eigenvalue weighted by Gasteiger charge is 2.18. The Morgan fingerprint density at radius 2 is 2.22 bits per heavy atom. The highest BCUT2D eigenvalue weighted by atomic mass is 16.5. The number of hydrogen-bond acceptors (Lipinski definition) is 6. The molecule has 126 valence electrons. The fourth-order valence-electron chi connectivity index (χ4n) is 2.24. The van der Waals surface area contributed by atoms with Crippen molar-refractivity contribution in [3.05, 3.63) is 18.0 Å². The van der Waals surface area contributed by atoms with Gasteiger partial charge in [0.15, 0.2) is 11.5 Å². The number of aromatic nitrogens is 4. The van der Waals surface area contributed by atoms with Crippen molar-refractivity contribution in [2.75, 3.05) is 13.7 Å². The van der Waals surface area contributed by atoms with Gasteiger partial charge in [-0.25, -0.2) is 0 Å². The molecule has 2 aromatic heterocycles. The molecule has 8 nitrogen and oxygen atoms in total. The Hall–Kier alpha value is -2.22. The number of amides is 1. The van der Waals surface area contributed by atoms with E-state index in [4.69, 9.17) is 4.74 Å². The van der Waals surface area contributed by atoms with Gasteiger partial charge in [0.2, 0.25) is 11.8 Å². The number of nitrogens with one attached hydrogen (secondary N) is 1. The van der Waals surface area contributed by atoms with E-state index in [9.17, 15) is 9.90 Å². The first-order valence-corrected chi connectivity index (χ1v) is 7.74. The second-order valence-corrected chi connectivity index (χ2v) is 5.50. The number of nitrogens with zero attached hydrogens (tertiary/aromatic N) is 4. The number of fused-ring (bicyclic) bond motifs is 1. The smallest absolute Gasteiger partial charge is 0.231 e. The molecule has 0 saturated heterocycles. The van der Waals surface area contributed by atoms with Crippen molar-refractivity contribution in [1.82, 2.24) is 25.1 Å². The quantitative estimate of drug-likeness (QED) is 0.738. The number of ether oxygens (including phenoxy) is 1. The van der Waals surface area contributed by atoms with Crippen molar-refractivity contribution in [3.8, 4) is 5.88 Å². The Bertz CT molecular complexity index is 658. The lowest BCUT2D eigenvalue weighted by molar-refractivity contribution is -0.122. The largest absolute Gasteiger partial charge is 0.480 e. The van der Waals surface area contributed by atoms with Crippen LogP contribution in [-0.2, 0) is 11.2 Å². The van der Waals surface area contributed by atoms with E-state index in [1.54, 1.807) is 16.6 Å². The predicted octanol–water partition coefficient (Wildman–Crippen LogP) is 0.589. The second kappa shape index (κ2) is 7.87. The number of aliphatic hydroxyl groups excluding tert-OH is 1. The number of rotatable bonds is 8. The zero-order chi connectivity index (χ0) is 16.8. The number of methoxy groups -OCH3 is 1. The van der Waals surface area contributed by atoms with Crippen LogP contribution in [0.25, 0.3) is 5.65 Å². The van der Waals surface area contributed by atoms with Gasteiger partial charge in [-0.2, -0.15) is 4.52 Å². The molecule has 8 heteroatoms. The molecule has 0 aliphatic carbocycles. The zero-order valence-electron chi connectivity index (χ0n) is 13.7. The van der Waals surface area contributed by atoms with Gasteiger partial charge in [-0.3, -0.25) is 4.79 Å². The standard InChI is InChI=1S/C15H23N5O3/c1-4-10(2)11(9-21)16-14(22)7-5-12-17-18-13-6-8-15(23-3)19-20(12)13/h6,8,10-11,21H,4-5,7,9H2,1-3H3,(H,16,22). The number of aryl methyl sites for hydroxylation is 1. The Balaban J connectivity index is 1.99. The molecule has 23 heavy (non-hydrogen) atoms. The van der Waals surface area contributed by atoms with E-state index in [2.05, 4.69) is 20.6 Å². The van der Waals surface area contributed by atoms with Gasteiger partial charge in [0.25, 0.3) is 0 Å². The summed E-state index contributed by atoms with van der Waals surface area (Å²) in [5.74, 6) is 1.16. The normalized spacial score (nSPS) is 13.7. The van der Waals surface area contributed by atoms with Crippen molar-refractivity contribution >= 4 is 11.6 Å². The topological polar surface area (TPSA) is 102 Å². The molecule has 2 rings (SSSR count). The summed E-state index contributed by atoms with van der Waals surface area (Å²) < 4.78 is 6.66. The van der Waals surface area contributed by atoms with Gasteiger partial charge in [-0.1, -0.05) is 20.3 Å². The van der Waals surface area contributed by atoms with Gasteiger partial charge in [0, 0.05) is 18.9 Å². The molecule has 0 saturated carbocycles. The molecular formula is C15H23N5O3. The van der Waals surface area contributed by atoms with Crippen molar-refractivity contribution in [2.45, 2.75) is 39.2 Å². The van der Waals surface area contributed by atoms with Gasteiger partial charge >= 0.3 is 0 Å². The average Bonchev–Trinajstić information content (AvgIpc) is 2.99. The van der Waals surface area contributed by atoms with Crippen molar-refractivity contribution < 1.29 is 14.6 Å². The molecule has 0 fully saturated rings. The number of aliphatic hydroxyl groups is 1. The van der Waals surface area contributed by atoms with E-state index in [1.165, 1.54) is 7.11 Å². The van der Waals surface area contributed by atoms with E-state index in [1.807, 2.05) is 13.8 Å². The molecule has 0 aliphatic rings. The van der Waals surface area contributed by atoms with E-state index in [0.717, 1.165) is 6.42 Å². The Labute approximate surface area is 134 Å². The average molecular weight is 321 g/mol. The van der Waals surface area contributed by atoms with Gasteiger partial charge in [0.05, 0.1) is 19.8 Å². The molecule has 0 radical (unpaired) electrons. The SMILES string of the molecule is CCC(C)C(CO)NC(=O)CCc1nnc2ccc(OC)nn12. The minimum absolute atomic E-state index is 0.0621. The fourth-order valence-corrected chi connectivity index (χ4v) is 2.24. The van der Waals surface area contributed by atoms with Gasteiger partial charge in [-0.05, 0) is 12.0 Å². The van der Waals surface area contributed by atoms with Crippen LogP contribution in [-0.4, -0.2) is 50.6 Å². The van der Waals surface area contributed by atoms with Crippen LogP contribution in [0.2, 0.25) is 0 Å². The molecule has 2 N–H and O–H groups in total. The van der Waals surface area contributed by atoms with E-state index in [-0.39, 0.29) is 30.9 Å². The van der Waals surface area contributed by atoms with Crippen LogP contribution in [0.15, 0.2) is 12.1 Å². The maximum absolute atomic E-state index is 12.1. The summed E-state index contributed by atoms with van der Waals surface area (Å²) in [5.41, 5.74) is 0.606. The molecule has 0 aliphatic heterocycles. The summed E-state index contributed by atoms with van der Waals surface area (Å²) in [4.78, 5) is 12.1. The van der Waals surface area contributed by atoms with Gasteiger partial charge < -0.3 is 15.2 Å². The summed E-state index contributed by atoms with van der Waals surface area (Å²) in [6.45, 7) is 3.97. The maximum Gasteiger partial charge on any atom is 0.231 e. The zero-order valence-corrected chi connectivity index (χ0v) is 13.7. The van der Waals surface area contributed by atoms with E-state index >= 15 is 0 Å². The Kier molecular flexibility index (Phi) is 5.86. The maximum atomic E-state index is 12.1. The first kappa shape index (κ1) is 17.1. The molecular weight excluding hydrogens is 298 g/mol. The van der Waals surface area contributed by atoms with Crippen molar-refractivity contribution in [2.24, 2.45) is 5.92 Å². The van der Waals surface area contributed by atoms with Crippen LogP contribution in [0.3, 0.4) is 0 Å². The summed E-state index contributed by atoms with van der Waals surface area (Å²) >= 11 is 0. The molecule has 0 spiro atoms. The highest BCUT2D eigenvalue weighted by molar-refractivity contribution is 5.76. The second-order valence-electron chi connectivity index (χ2n) is 5.50. The molecule has 2 unspecified atom stereocenters. The van der Waals surface area contributed by atoms with Crippen LogP contribution < -0.4 is 10.1 Å². The predicted molar refractivity (Wildman–Crippen MR) is 84.1 cm³/mol. The molecule has 2 aromatic rings. The lowest BCUT2D eigenvalue weighted by atomic mass is 10.00. The first-order chi connectivity index (χ1) is 11.1. The highest BCUT2D eigenvalue weighted by Crippen LogP contribution is 2.10. The number of carbonyl (C=O) groups is 1. The summed E-state index contributed by atoms with van der Waals surface area (Å²) in [6, 6.07) is 3.24. The van der Waals surface area contributed by atoms with Crippen LogP contribution in [0, 0.1) is 5.92 Å². The monoisotopic (exact) mass is 321 g/mol. The third-order valence-corrected chi connectivity index (χ3v) is 3.96. The van der Waals surface area contributed by atoms with Crippen LogP contribution in [0.5, 0.6) is 5.88 Å². The molecule has 0 bridgehead atoms. The lowest BCUT2D eigenvalue weighted by Crippen LogP contribution is -2.42. The third-order valence-electron chi connectivity index (χ3n) is 3.96. The van der Waals surface area contributed by atoms with E-state index < -0.39 is 0 Å². The van der Waals surface area contributed by atoms with E-state index in [0.29, 0.717) is 23.8 Å². The van der Waals surface area contributed by atoms with Gasteiger partial charge in [0.1, 0.15) is 0 Å². The van der Waals surface area contributed by atoms with Crippen molar-refractivity contribution in [3.63, 3.8) is 0 Å². The Morgan fingerprint density at radius 1 is 1.43 bits per heavy atom. The lowest BCUT2D eigenvalue weighted by Gasteiger charge is -2.21. The number of hydrogen-bond donors (Lipinski definition) is 2. The number of carbonyl (C=O) groups excluding carboxylic acids is 1. The first-order valence-electron chi connectivity index (χ1n) is 7.74. The van der Waals surface area contributed by atoms with Crippen LogP contribution in [0.1, 0.15) is 32.5 Å². The molecule has 2 heterocycles. The summed E-state index contributed by atoms with van der Waals surface area (Å²) in [5, 5.41) is 24.5. The van der Waals surface area contributed by atoms with Crippen LogP contribution >= 0.6 is 0 Å². The van der Waals surface area contributed by atoms with Crippen molar-refractivity contribution in [1.29, 1.82) is 0 Å². The molecule has 2 atom stereocenters. The molecule has 0 aromatic carbocycles. The minimum atomic E-state index is -0.221. The minimum Gasteiger partial charge on any atom is -0.480 e. The molecule has 1 amide bonds. The third kappa shape index (κ3) is 4.16.